The maximum absolute atomic E-state index is 12.2. The Morgan fingerprint density at radius 3 is 2.50 bits per heavy atom. The summed E-state index contributed by atoms with van der Waals surface area (Å²) in [5.41, 5.74) is 7.10. The van der Waals surface area contributed by atoms with Gasteiger partial charge in [0.05, 0.1) is 12.2 Å². The molecule has 1 aromatic carbocycles. The SMILES string of the molecule is Cc1cc(Br)cc(Br)c1NC(=O)CN1CCC(C(N)=O)CC1. The van der Waals surface area contributed by atoms with Gasteiger partial charge in [-0.2, -0.15) is 0 Å². The number of carbonyl (C=O) groups is 2. The van der Waals surface area contributed by atoms with Gasteiger partial charge >= 0.3 is 0 Å². The van der Waals surface area contributed by atoms with Crippen molar-refractivity contribution in [2.45, 2.75) is 19.8 Å². The zero-order chi connectivity index (χ0) is 16.3. The van der Waals surface area contributed by atoms with E-state index >= 15 is 0 Å². The highest BCUT2D eigenvalue weighted by Crippen LogP contribution is 2.30. The van der Waals surface area contributed by atoms with Crippen LogP contribution in [-0.4, -0.2) is 36.3 Å². The third-order valence-corrected chi connectivity index (χ3v) is 4.96. The first-order valence-corrected chi connectivity index (χ1v) is 8.72. The minimum Gasteiger partial charge on any atom is -0.369 e. The highest BCUT2D eigenvalue weighted by atomic mass is 79.9. The molecule has 1 heterocycles. The third-order valence-electron chi connectivity index (χ3n) is 3.87. The van der Waals surface area contributed by atoms with Crippen LogP contribution < -0.4 is 11.1 Å². The number of anilines is 1. The first-order chi connectivity index (χ1) is 10.4. The molecule has 7 heteroatoms. The van der Waals surface area contributed by atoms with Gasteiger partial charge in [0.2, 0.25) is 11.8 Å². The normalized spacial score (nSPS) is 16.5. The van der Waals surface area contributed by atoms with Crippen LogP contribution in [0.4, 0.5) is 5.69 Å². The van der Waals surface area contributed by atoms with Gasteiger partial charge in [0, 0.05) is 14.9 Å². The summed E-state index contributed by atoms with van der Waals surface area (Å²) in [5, 5.41) is 2.95. The van der Waals surface area contributed by atoms with Gasteiger partial charge in [-0.25, -0.2) is 0 Å². The van der Waals surface area contributed by atoms with Gasteiger partial charge in [-0.1, -0.05) is 15.9 Å². The number of aryl methyl sites for hydroxylation is 1. The van der Waals surface area contributed by atoms with Crippen molar-refractivity contribution in [3.63, 3.8) is 0 Å². The lowest BCUT2D eigenvalue weighted by Crippen LogP contribution is -2.42. The Labute approximate surface area is 146 Å². The van der Waals surface area contributed by atoms with Crippen molar-refractivity contribution in [1.82, 2.24) is 4.90 Å². The van der Waals surface area contributed by atoms with E-state index in [0.717, 1.165) is 46.1 Å². The molecule has 2 rings (SSSR count). The molecule has 1 aliphatic rings. The Bertz CT molecular complexity index is 561. The van der Waals surface area contributed by atoms with Crippen LogP contribution in [0.25, 0.3) is 0 Å². The van der Waals surface area contributed by atoms with E-state index in [1.54, 1.807) is 0 Å². The number of primary amides is 1. The van der Waals surface area contributed by atoms with Gasteiger partial charge in [0.15, 0.2) is 0 Å². The highest BCUT2D eigenvalue weighted by Gasteiger charge is 2.24. The standard InChI is InChI=1S/C15H19Br2N3O2/c1-9-6-11(16)7-12(17)14(9)19-13(21)8-20-4-2-10(3-5-20)15(18)22/h6-7,10H,2-5,8H2,1H3,(H2,18,22)(H,19,21). The van der Waals surface area contributed by atoms with Crippen LogP contribution >= 0.6 is 31.9 Å². The molecule has 1 fully saturated rings. The maximum atomic E-state index is 12.2. The van der Waals surface area contributed by atoms with Crippen LogP contribution in [-0.2, 0) is 9.59 Å². The predicted octanol–water partition coefficient (Wildman–Crippen LogP) is 2.66. The monoisotopic (exact) mass is 431 g/mol. The summed E-state index contributed by atoms with van der Waals surface area (Å²) >= 11 is 6.89. The van der Waals surface area contributed by atoms with Gasteiger partial charge in [-0.15, -0.1) is 0 Å². The number of piperidine rings is 1. The van der Waals surface area contributed by atoms with E-state index in [4.69, 9.17) is 5.73 Å². The number of nitrogens with one attached hydrogen (secondary N) is 1. The smallest absolute Gasteiger partial charge is 0.238 e. The van der Waals surface area contributed by atoms with Crippen molar-refractivity contribution in [3.8, 4) is 0 Å². The summed E-state index contributed by atoms with van der Waals surface area (Å²) in [6.07, 6.45) is 1.45. The van der Waals surface area contributed by atoms with E-state index in [-0.39, 0.29) is 17.7 Å². The van der Waals surface area contributed by atoms with Gasteiger partial charge < -0.3 is 11.1 Å². The Kier molecular flexibility index (Phi) is 6.00. The van der Waals surface area contributed by atoms with Crippen LogP contribution in [0.3, 0.4) is 0 Å². The predicted molar refractivity (Wildman–Crippen MR) is 93.6 cm³/mol. The lowest BCUT2D eigenvalue weighted by Gasteiger charge is -2.29. The maximum Gasteiger partial charge on any atom is 0.238 e. The third kappa shape index (κ3) is 4.54. The molecule has 3 N–H and O–H groups in total. The molecule has 2 amide bonds. The average molecular weight is 433 g/mol. The van der Waals surface area contributed by atoms with E-state index in [0.29, 0.717) is 6.54 Å². The highest BCUT2D eigenvalue weighted by molar-refractivity contribution is 9.11. The Balaban J connectivity index is 1.90. The minimum atomic E-state index is -0.237. The fraction of sp³-hybridized carbons (Fsp3) is 0.467. The second kappa shape index (κ2) is 7.57. The average Bonchev–Trinajstić information content (AvgIpc) is 2.43. The zero-order valence-electron chi connectivity index (χ0n) is 12.4. The van der Waals surface area contributed by atoms with Crippen LogP contribution in [0.1, 0.15) is 18.4 Å². The second-order valence-corrected chi connectivity index (χ2v) is 7.35. The van der Waals surface area contributed by atoms with Crippen LogP contribution in [0.2, 0.25) is 0 Å². The summed E-state index contributed by atoms with van der Waals surface area (Å²) in [6.45, 7) is 3.72. The number of rotatable bonds is 4. The molecule has 120 valence electrons. The van der Waals surface area contributed by atoms with Crippen molar-refractivity contribution in [2.75, 3.05) is 25.0 Å². The van der Waals surface area contributed by atoms with Crippen LogP contribution in [0.5, 0.6) is 0 Å². The fourth-order valence-electron chi connectivity index (χ4n) is 2.62. The summed E-state index contributed by atoms with van der Waals surface area (Å²) in [5.74, 6) is -0.343. The van der Waals surface area contributed by atoms with E-state index in [9.17, 15) is 9.59 Å². The number of benzene rings is 1. The topological polar surface area (TPSA) is 75.4 Å². The minimum absolute atomic E-state index is 0.0522. The molecule has 1 aliphatic heterocycles. The molecule has 0 atom stereocenters. The van der Waals surface area contributed by atoms with Crippen molar-refractivity contribution < 1.29 is 9.59 Å². The molecule has 22 heavy (non-hydrogen) atoms. The largest absolute Gasteiger partial charge is 0.369 e. The summed E-state index contributed by atoms with van der Waals surface area (Å²) in [7, 11) is 0. The Hall–Kier alpha value is -0.920. The van der Waals surface area contributed by atoms with Crippen molar-refractivity contribution in [3.05, 3.63) is 26.6 Å². The molecule has 0 spiro atoms. The second-order valence-electron chi connectivity index (χ2n) is 5.58. The lowest BCUT2D eigenvalue weighted by atomic mass is 9.96. The fourth-order valence-corrected chi connectivity index (χ4v) is 4.16. The number of hydrogen-bond acceptors (Lipinski definition) is 3. The molecule has 1 aromatic rings. The van der Waals surface area contributed by atoms with Gasteiger partial charge in [0.1, 0.15) is 0 Å². The molecule has 0 aromatic heterocycles. The Morgan fingerprint density at radius 2 is 1.95 bits per heavy atom. The number of likely N-dealkylation sites (tertiary alicyclic amines) is 1. The molecule has 0 unspecified atom stereocenters. The molecule has 0 bridgehead atoms. The molecule has 0 aliphatic carbocycles. The van der Waals surface area contributed by atoms with E-state index < -0.39 is 0 Å². The van der Waals surface area contributed by atoms with Crippen molar-refractivity contribution >= 4 is 49.4 Å². The number of nitrogens with zero attached hydrogens (tertiary/aromatic N) is 1. The Morgan fingerprint density at radius 1 is 1.32 bits per heavy atom. The molecular weight excluding hydrogens is 414 g/mol. The number of hydrogen-bond donors (Lipinski definition) is 2. The van der Waals surface area contributed by atoms with E-state index in [2.05, 4.69) is 42.1 Å². The van der Waals surface area contributed by atoms with Crippen molar-refractivity contribution in [2.24, 2.45) is 11.7 Å². The van der Waals surface area contributed by atoms with Gasteiger partial charge in [0.25, 0.3) is 0 Å². The molecule has 0 saturated carbocycles. The van der Waals surface area contributed by atoms with Crippen molar-refractivity contribution in [1.29, 1.82) is 0 Å². The molecule has 1 saturated heterocycles. The van der Waals surface area contributed by atoms with Gasteiger partial charge in [-0.05, 0) is 66.5 Å². The first kappa shape index (κ1) is 17.4. The number of carbonyl (C=O) groups excluding carboxylic acids is 2. The summed E-state index contributed by atoms with van der Waals surface area (Å²) < 4.78 is 1.81. The molecule has 0 radical (unpaired) electrons. The molecule has 5 nitrogen and oxygen atoms in total. The van der Waals surface area contributed by atoms with Crippen LogP contribution in [0.15, 0.2) is 21.1 Å². The van der Waals surface area contributed by atoms with E-state index in [1.165, 1.54) is 0 Å². The number of nitrogens with two attached hydrogens (primary N) is 1. The summed E-state index contributed by atoms with van der Waals surface area (Å²) in [6, 6.07) is 3.86. The zero-order valence-corrected chi connectivity index (χ0v) is 15.5. The van der Waals surface area contributed by atoms with E-state index in [1.807, 2.05) is 19.1 Å². The van der Waals surface area contributed by atoms with Crippen LogP contribution in [0, 0.1) is 12.8 Å². The van der Waals surface area contributed by atoms with Gasteiger partial charge in [-0.3, -0.25) is 14.5 Å². The molecular formula is C15H19Br2N3O2. The number of halogens is 2. The summed E-state index contributed by atoms with van der Waals surface area (Å²) in [4.78, 5) is 25.4. The quantitative estimate of drug-likeness (QED) is 0.767. The first-order valence-electron chi connectivity index (χ1n) is 7.14. The lowest BCUT2D eigenvalue weighted by molar-refractivity contribution is -0.123. The number of amides is 2.